The minimum atomic E-state index is -3.01. The first kappa shape index (κ1) is 25.4. The number of ether oxygens (including phenoxy) is 2. The zero-order valence-electron chi connectivity index (χ0n) is 19.2. The van der Waals surface area contributed by atoms with Crippen LogP contribution in [0.1, 0.15) is 18.9 Å². The van der Waals surface area contributed by atoms with Gasteiger partial charge in [-0.25, -0.2) is 4.79 Å². The Balaban J connectivity index is 1.91. The van der Waals surface area contributed by atoms with Crippen LogP contribution in [0.15, 0.2) is 58.1 Å². The van der Waals surface area contributed by atoms with Crippen molar-refractivity contribution in [2.75, 3.05) is 6.61 Å². The van der Waals surface area contributed by atoms with Gasteiger partial charge in [0.05, 0.1) is 6.54 Å². The van der Waals surface area contributed by atoms with Crippen LogP contribution in [0.4, 0.5) is 8.78 Å². The Kier molecular flexibility index (Phi) is 7.70. The molecule has 12 heteroatoms. The second-order valence-electron chi connectivity index (χ2n) is 7.80. The molecule has 0 unspecified atom stereocenters. The molecule has 0 saturated heterocycles. The summed E-state index contributed by atoms with van der Waals surface area (Å²) in [4.78, 5) is 30.9. The number of hydrogen-bond donors (Lipinski definition) is 1. The van der Waals surface area contributed by atoms with Crippen molar-refractivity contribution < 1.29 is 23.4 Å². The van der Waals surface area contributed by atoms with Gasteiger partial charge in [-0.15, -0.1) is 0 Å². The maximum Gasteiger partial charge on any atom is 0.387 e. The van der Waals surface area contributed by atoms with Crippen LogP contribution >= 0.6 is 11.6 Å². The molecule has 0 aliphatic rings. The summed E-state index contributed by atoms with van der Waals surface area (Å²) in [5.74, 6) is 0.0338. The van der Waals surface area contributed by atoms with E-state index in [1.165, 1.54) is 33.4 Å². The number of nitrogens with zero attached hydrogens (tertiary/aromatic N) is 4. The number of aliphatic hydroxyl groups is 1. The van der Waals surface area contributed by atoms with E-state index in [0.29, 0.717) is 5.02 Å². The van der Waals surface area contributed by atoms with Gasteiger partial charge >= 0.3 is 18.3 Å². The molecule has 0 aliphatic carbocycles. The molecule has 0 fully saturated rings. The molecule has 0 aliphatic heterocycles. The molecule has 1 N–H and O–H groups in total. The molecule has 0 saturated carbocycles. The number of imidazole rings is 1. The average Bonchev–Trinajstić information content (AvgIpc) is 3.18. The highest BCUT2D eigenvalue weighted by Crippen LogP contribution is 2.28. The molecular formula is C24H23ClF2N4O5. The third-order valence-electron chi connectivity index (χ3n) is 5.43. The Morgan fingerprint density at radius 3 is 2.44 bits per heavy atom. The first-order chi connectivity index (χ1) is 17.3. The zero-order chi connectivity index (χ0) is 25.8. The third-order valence-corrected chi connectivity index (χ3v) is 5.68. The maximum absolute atomic E-state index is 13.5. The Bertz CT molecular complexity index is 1480. The van der Waals surface area contributed by atoms with E-state index in [-0.39, 0.29) is 61.3 Å². The van der Waals surface area contributed by atoms with Crippen LogP contribution in [0.2, 0.25) is 5.02 Å². The molecule has 0 radical (unpaired) electrons. The fourth-order valence-corrected chi connectivity index (χ4v) is 3.92. The van der Waals surface area contributed by atoms with Crippen molar-refractivity contribution in [2.45, 2.75) is 39.6 Å². The number of hydrogen-bond acceptors (Lipinski definition) is 6. The number of aromatic nitrogens is 4. The average molecular weight is 521 g/mol. The van der Waals surface area contributed by atoms with Crippen molar-refractivity contribution in [1.29, 1.82) is 0 Å². The van der Waals surface area contributed by atoms with Crippen LogP contribution in [0.3, 0.4) is 0 Å². The van der Waals surface area contributed by atoms with Crippen molar-refractivity contribution >= 4 is 22.8 Å². The third kappa shape index (κ3) is 5.26. The van der Waals surface area contributed by atoms with Gasteiger partial charge in [-0.1, -0.05) is 29.8 Å². The molecule has 0 amide bonds. The highest BCUT2D eigenvalue weighted by Gasteiger charge is 2.23. The second kappa shape index (κ2) is 10.9. The molecule has 0 spiro atoms. The molecule has 2 aromatic carbocycles. The van der Waals surface area contributed by atoms with E-state index in [0.717, 1.165) is 10.1 Å². The van der Waals surface area contributed by atoms with Crippen LogP contribution in [-0.2, 0) is 19.6 Å². The van der Waals surface area contributed by atoms with Crippen LogP contribution in [0.5, 0.6) is 17.5 Å². The minimum Gasteiger partial charge on any atom is -0.435 e. The zero-order valence-corrected chi connectivity index (χ0v) is 20.0. The standard InChI is InChI=1S/C24H23ClF2N4O5/c1-2-29-20-19(21(33)30(24(29)34)11-4-12-32)31(14-15-7-9-16(25)10-8-15)23(28-20)36-18-6-3-5-17(13-18)35-22(26)27/h3,5-10,13,22,32H,2,4,11-12,14H2,1H3. The van der Waals surface area contributed by atoms with Gasteiger partial charge in [0.25, 0.3) is 5.56 Å². The lowest BCUT2D eigenvalue weighted by Gasteiger charge is -2.12. The summed E-state index contributed by atoms with van der Waals surface area (Å²) >= 11 is 6.01. The maximum atomic E-state index is 13.5. The second-order valence-corrected chi connectivity index (χ2v) is 8.23. The van der Waals surface area contributed by atoms with Crippen molar-refractivity contribution in [1.82, 2.24) is 18.7 Å². The molecular weight excluding hydrogens is 498 g/mol. The van der Waals surface area contributed by atoms with Crippen molar-refractivity contribution in [3.8, 4) is 17.5 Å². The van der Waals surface area contributed by atoms with E-state index in [4.69, 9.17) is 16.3 Å². The summed E-state index contributed by atoms with van der Waals surface area (Å²) in [6, 6.07) is 12.5. The van der Waals surface area contributed by atoms with Gasteiger partial charge in [0.2, 0.25) is 0 Å². The van der Waals surface area contributed by atoms with E-state index in [2.05, 4.69) is 9.72 Å². The summed E-state index contributed by atoms with van der Waals surface area (Å²) in [6.07, 6.45) is 0.218. The number of aliphatic hydroxyl groups excluding tert-OH is 1. The normalized spacial score (nSPS) is 11.4. The van der Waals surface area contributed by atoms with Gasteiger partial charge in [-0.3, -0.25) is 18.5 Å². The molecule has 4 aromatic rings. The summed E-state index contributed by atoms with van der Waals surface area (Å²) < 4.78 is 39.6. The molecule has 36 heavy (non-hydrogen) atoms. The molecule has 9 nitrogen and oxygen atoms in total. The summed E-state index contributed by atoms with van der Waals surface area (Å²) in [6.45, 7) is -1.06. The fourth-order valence-electron chi connectivity index (χ4n) is 3.80. The van der Waals surface area contributed by atoms with E-state index >= 15 is 0 Å². The highest BCUT2D eigenvalue weighted by atomic mass is 35.5. The van der Waals surface area contributed by atoms with Crippen LogP contribution < -0.4 is 20.7 Å². The van der Waals surface area contributed by atoms with Crippen LogP contribution in [0.25, 0.3) is 11.2 Å². The lowest BCUT2D eigenvalue weighted by atomic mass is 10.2. The van der Waals surface area contributed by atoms with Crippen LogP contribution in [-0.4, -0.2) is 37.0 Å². The van der Waals surface area contributed by atoms with E-state index in [9.17, 15) is 23.5 Å². The number of fused-ring (bicyclic) bond motifs is 1. The quantitative estimate of drug-likeness (QED) is 0.341. The number of rotatable bonds is 10. The molecule has 0 bridgehead atoms. The lowest BCUT2D eigenvalue weighted by molar-refractivity contribution is -0.0499. The largest absolute Gasteiger partial charge is 0.435 e. The predicted molar refractivity (Wildman–Crippen MR) is 129 cm³/mol. The minimum absolute atomic E-state index is 0.0206. The van der Waals surface area contributed by atoms with Gasteiger partial charge < -0.3 is 14.6 Å². The van der Waals surface area contributed by atoms with E-state index in [1.807, 2.05) is 0 Å². The van der Waals surface area contributed by atoms with Gasteiger partial charge in [0, 0.05) is 30.8 Å². The van der Waals surface area contributed by atoms with E-state index in [1.54, 1.807) is 31.2 Å². The molecule has 0 atom stereocenters. The molecule has 2 heterocycles. The van der Waals surface area contributed by atoms with Gasteiger partial charge in [0.1, 0.15) is 11.5 Å². The van der Waals surface area contributed by atoms with Gasteiger partial charge in [-0.05, 0) is 43.2 Å². The smallest absolute Gasteiger partial charge is 0.387 e. The first-order valence-corrected chi connectivity index (χ1v) is 11.5. The summed E-state index contributed by atoms with van der Waals surface area (Å²) in [5.41, 5.74) is -0.123. The van der Waals surface area contributed by atoms with Crippen molar-refractivity contribution in [3.05, 3.63) is 80.0 Å². The molecule has 4 rings (SSSR count). The Morgan fingerprint density at radius 1 is 1.06 bits per heavy atom. The SMILES string of the molecule is CCn1c(=O)n(CCCO)c(=O)c2c1nc(Oc1cccc(OC(F)F)c1)n2Cc1ccc(Cl)cc1. The first-order valence-electron chi connectivity index (χ1n) is 11.1. The molecule has 190 valence electrons. The summed E-state index contributed by atoms with van der Waals surface area (Å²) in [5, 5.41) is 9.77. The topological polar surface area (TPSA) is 101 Å². The fraction of sp³-hybridized carbons (Fsp3) is 0.292. The Hall–Kier alpha value is -3.70. The van der Waals surface area contributed by atoms with Crippen LogP contribution in [0, 0.1) is 0 Å². The molecule has 2 aromatic heterocycles. The number of benzene rings is 2. The van der Waals surface area contributed by atoms with Crippen molar-refractivity contribution in [3.63, 3.8) is 0 Å². The monoisotopic (exact) mass is 520 g/mol. The van der Waals surface area contributed by atoms with Crippen molar-refractivity contribution in [2.24, 2.45) is 0 Å². The lowest BCUT2D eigenvalue weighted by Crippen LogP contribution is -2.40. The van der Waals surface area contributed by atoms with Gasteiger partial charge in [-0.2, -0.15) is 13.8 Å². The summed E-state index contributed by atoms with van der Waals surface area (Å²) in [7, 11) is 0. The van der Waals surface area contributed by atoms with Gasteiger partial charge in [0.15, 0.2) is 11.2 Å². The number of aryl methyl sites for hydroxylation is 1. The Morgan fingerprint density at radius 2 is 1.78 bits per heavy atom. The van der Waals surface area contributed by atoms with E-state index < -0.39 is 17.9 Å². The number of halogens is 3. The highest BCUT2D eigenvalue weighted by molar-refractivity contribution is 6.30. The predicted octanol–water partition coefficient (Wildman–Crippen LogP) is 3.86. The Labute approximate surface area is 208 Å². The number of alkyl halides is 2.